The van der Waals surface area contributed by atoms with Gasteiger partial charge < -0.3 is 9.47 Å². The average molecular weight is 498 g/mol. The highest BCUT2D eigenvalue weighted by atomic mass is 31.2. The summed E-state index contributed by atoms with van der Waals surface area (Å²) in [4.78, 5) is 23.0. The Labute approximate surface area is 211 Å². The summed E-state index contributed by atoms with van der Waals surface area (Å²) in [5.41, 5.74) is 0.797. The molecule has 36 heavy (non-hydrogen) atoms. The molecular formula is C29H26N2O4P+. The van der Waals surface area contributed by atoms with E-state index in [1.165, 1.54) is 21.2 Å². The van der Waals surface area contributed by atoms with E-state index in [-0.39, 0.29) is 13.2 Å². The highest BCUT2D eigenvalue weighted by molar-refractivity contribution is 8.01. The molecule has 4 rings (SSSR count). The van der Waals surface area contributed by atoms with Crippen molar-refractivity contribution < 1.29 is 19.1 Å². The van der Waals surface area contributed by atoms with Gasteiger partial charge in [0.05, 0.1) is 6.61 Å². The van der Waals surface area contributed by atoms with Crippen LogP contribution in [0.25, 0.3) is 0 Å². The third-order valence-corrected chi connectivity index (χ3v) is 9.89. The Morgan fingerprint density at radius 1 is 0.583 bits per heavy atom. The van der Waals surface area contributed by atoms with E-state index in [4.69, 9.17) is 4.74 Å². The molecule has 0 bridgehead atoms. The van der Waals surface area contributed by atoms with Gasteiger partial charge >= 0.3 is 12.2 Å². The van der Waals surface area contributed by atoms with Crippen LogP contribution in [0.1, 0.15) is 12.5 Å². The first kappa shape index (κ1) is 25.0. The lowest BCUT2D eigenvalue weighted by Gasteiger charge is -2.27. The topological polar surface area (TPSA) is 77.3 Å². The molecule has 0 aliphatic carbocycles. The van der Waals surface area contributed by atoms with E-state index in [0.29, 0.717) is 0 Å². The van der Waals surface area contributed by atoms with Crippen molar-refractivity contribution in [2.75, 3.05) is 6.61 Å². The summed E-state index contributed by atoms with van der Waals surface area (Å²) < 4.78 is 9.74. The number of azo groups is 1. The van der Waals surface area contributed by atoms with Crippen molar-refractivity contribution in [3.8, 4) is 0 Å². The van der Waals surface area contributed by atoms with Crippen molar-refractivity contribution in [2.45, 2.75) is 13.5 Å². The predicted molar refractivity (Wildman–Crippen MR) is 143 cm³/mol. The van der Waals surface area contributed by atoms with E-state index in [9.17, 15) is 9.59 Å². The number of benzene rings is 4. The summed E-state index contributed by atoms with van der Waals surface area (Å²) in [5, 5.41) is 11.3. The maximum Gasteiger partial charge on any atom is 0.452 e. The Balaban J connectivity index is 1.69. The van der Waals surface area contributed by atoms with Gasteiger partial charge in [0, 0.05) is 0 Å². The van der Waals surface area contributed by atoms with Gasteiger partial charge in [0.1, 0.15) is 35.1 Å². The third-order valence-electron chi connectivity index (χ3n) is 5.60. The summed E-state index contributed by atoms with van der Waals surface area (Å²) in [7, 11) is -2.18. The Kier molecular flexibility index (Phi) is 8.32. The SMILES string of the molecule is CCOC(=O)N=NC(=O)OCc1ccc([P+](c2ccccc2)(c2ccccc2)c2ccccc2)cc1. The van der Waals surface area contributed by atoms with Crippen molar-refractivity contribution in [1.29, 1.82) is 0 Å². The van der Waals surface area contributed by atoms with Crippen LogP contribution in [0.2, 0.25) is 0 Å². The summed E-state index contributed by atoms with van der Waals surface area (Å²) in [6, 6.07) is 39.8. The van der Waals surface area contributed by atoms with Gasteiger partial charge in [0.25, 0.3) is 0 Å². The van der Waals surface area contributed by atoms with E-state index >= 15 is 0 Å². The van der Waals surface area contributed by atoms with Crippen molar-refractivity contribution in [3.63, 3.8) is 0 Å². The van der Waals surface area contributed by atoms with Gasteiger partial charge in [0.15, 0.2) is 0 Å². The molecule has 0 heterocycles. The Morgan fingerprint density at radius 2 is 0.972 bits per heavy atom. The Morgan fingerprint density at radius 3 is 1.39 bits per heavy atom. The summed E-state index contributed by atoms with van der Waals surface area (Å²) in [6.07, 6.45) is -1.88. The molecule has 0 saturated carbocycles. The zero-order valence-corrected chi connectivity index (χ0v) is 20.8. The number of rotatable bonds is 7. The lowest BCUT2D eigenvalue weighted by Crippen LogP contribution is -2.38. The number of hydrogen-bond donors (Lipinski definition) is 0. The standard InChI is InChI=1S/C29H26N2O4P/c1-2-34-28(32)30-31-29(33)35-22-23-18-20-27(21-19-23)36(24-12-6-3-7-13-24,25-14-8-4-9-15-25)26-16-10-5-11-17-26/h3-21H,2,22H2,1H3/q+1. The number of carbonyl (C=O) groups excluding carboxylic acids is 2. The average Bonchev–Trinajstić information content (AvgIpc) is 2.94. The third kappa shape index (κ3) is 5.56. The van der Waals surface area contributed by atoms with Crippen molar-refractivity contribution in [3.05, 3.63) is 121 Å². The second-order valence-electron chi connectivity index (χ2n) is 7.80. The molecule has 0 spiro atoms. The number of hydrogen-bond acceptors (Lipinski definition) is 4. The van der Waals surface area contributed by atoms with Gasteiger partial charge in [-0.15, -0.1) is 0 Å². The van der Waals surface area contributed by atoms with Crippen LogP contribution >= 0.6 is 7.26 Å². The molecule has 2 amide bonds. The number of amides is 2. The van der Waals surface area contributed by atoms with E-state index < -0.39 is 19.4 Å². The zero-order valence-electron chi connectivity index (χ0n) is 19.9. The fourth-order valence-corrected chi connectivity index (χ4v) is 8.32. The van der Waals surface area contributed by atoms with Crippen LogP contribution < -0.4 is 21.2 Å². The van der Waals surface area contributed by atoms with Crippen LogP contribution in [0.5, 0.6) is 0 Å². The van der Waals surface area contributed by atoms with Gasteiger partial charge in [-0.05, 0) is 61.0 Å². The smallest absolute Gasteiger partial charge is 0.447 e. The highest BCUT2D eigenvalue weighted by Gasteiger charge is 2.47. The molecule has 180 valence electrons. The van der Waals surface area contributed by atoms with Crippen LogP contribution in [0, 0.1) is 0 Å². The van der Waals surface area contributed by atoms with Crippen LogP contribution in [0.15, 0.2) is 125 Å². The maximum absolute atomic E-state index is 11.8. The Hall–Kier alpha value is -4.15. The molecule has 0 N–H and O–H groups in total. The monoisotopic (exact) mass is 497 g/mol. The molecule has 0 radical (unpaired) electrons. The minimum Gasteiger partial charge on any atom is -0.447 e. The molecule has 0 saturated heterocycles. The second kappa shape index (κ2) is 12.0. The molecule has 4 aromatic carbocycles. The van der Waals surface area contributed by atoms with Crippen LogP contribution in [-0.2, 0) is 16.1 Å². The van der Waals surface area contributed by atoms with Gasteiger partial charge in [0.2, 0.25) is 0 Å². The zero-order chi connectivity index (χ0) is 25.2. The maximum atomic E-state index is 11.8. The molecule has 0 atom stereocenters. The number of carbonyl (C=O) groups is 2. The molecule has 7 heteroatoms. The lowest BCUT2D eigenvalue weighted by atomic mass is 10.2. The van der Waals surface area contributed by atoms with Crippen molar-refractivity contribution in [2.24, 2.45) is 10.2 Å². The summed E-state index contributed by atoms with van der Waals surface area (Å²) >= 11 is 0. The molecular weight excluding hydrogens is 471 g/mol. The molecule has 0 aliphatic heterocycles. The van der Waals surface area contributed by atoms with E-state index in [0.717, 1.165) is 5.56 Å². The molecule has 0 aliphatic rings. The fourth-order valence-electron chi connectivity index (χ4n) is 4.07. The van der Waals surface area contributed by atoms with Gasteiger partial charge in [-0.1, -0.05) is 77.0 Å². The quantitative estimate of drug-likeness (QED) is 0.248. The minimum atomic E-state index is -2.18. The number of nitrogens with zero attached hydrogens (tertiary/aromatic N) is 2. The molecule has 6 nitrogen and oxygen atoms in total. The second-order valence-corrected chi connectivity index (χ2v) is 11.2. The largest absolute Gasteiger partial charge is 0.452 e. The predicted octanol–water partition coefficient (Wildman–Crippen LogP) is 5.55. The molecule has 0 fully saturated rings. The Bertz CT molecular complexity index is 1220. The summed E-state index contributed by atoms with van der Waals surface area (Å²) in [6.45, 7) is 1.80. The van der Waals surface area contributed by atoms with Crippen LogP contribution in [-0.4, -0.2) is 18.8 Å². The van der Waals surface area contributed by atoms with Crippen LogP contribution in [0.3, 0.4) is 0 Å². The normalized spacial score (nSPS) is 11.2. The van der Waals surface area contributed by atoms with E-state index in [2.05, 4.69) is 99.9 Å². The minimum absolute atomic E-state index is 0.00835. The number of ether oxygens (including phenoxy) is 2. The fraction of sp³-hybridized carbons (Fsp3) is 0.103. The highest BCUT2D eigenvalue weighted by Crippen LogP contribution is 2.54. The van der Waals surface area contributed by atoms with Gasteiger partial charge in [-0.2, -0.15) is 0 Å². The van der Waals surface area contributed by atoms with Gasteiger partial charge in [-0.3, -0.25) is 0 Å². The van der Waals surface area contributed by atoms with E-state index in [1.54, 1.807) is 6.92 Å². The lowest BCUT2D eigenvalue weighted by molar-refractivity contribution is 0.144. The molecule has 0 unspecified atom stereocenters. The first-order valence-corrected chi connectivity index (χ1v) is 13.3. The van der Waals surface area contributed by atoms with E-state index in [1.807, 2.05) is 30.3 Å². The van der Waals surface area contributed by atoms with Crippen molar-refractivity contribution >= 4 is 40.7 Å². The first-order valence-electron chi connectivity index (χ1n) is 11.5. The first-order chi connectivity index (χ1) is 17.6. The molecule has 0 aromatic heterocycles. The van der Waals surface area contributed by atoms with Crippen LogP contribution in [0.4, 0.5) is 9.59 Å². The molecule has 4 aromatic rings. The van der Waals surface area contributed by atoms with Gasteiger partial charge in [-0.25, -0.2) is 9.59 Å². The van der Waals surface area contributed by atoms with Crippen molar-refractivity contribution in [1.82, 2.24) is 0 Å². The summed E-state index contributed by atoms with van der Waals surface area (Å²) in [5.74, 6) is 0.